The topological polar surface area (TPSA) is 403 Å². The number of carbonyl (C=O) groups excluding carboxylic acids is 11. The van der Waals surface area contributed by atoms with Crippen molar-refractivity contribution in [2.45, 2.75) is 166 Å². The van der Waals surface area contributed by atoms with Gasteiger partial charge >= 0.3 is 12.0 Å². The molecular formula is C62H92N12O18S. The first-order valence-corrected chi connectivity index (χ1v) is 32.3. The van der Waals surface area contributed by atoms with E-state index >= 15 is 4.79 Å². The van der Waals surface area contributed by atoms with Crippen LogP contribution < -0.4 is 31.7 Å². The van der Waals surface area contributed by atoms with Crippen LogP contribution in [0.5, 0.6) is 5.75 Å². The maximum absolute atomic E-state index is 15.1. The summed E-state index contributed by atoms with van der Waals surface area (Å²) in [6.45, 7) is 12.8. The van der Waals surface area contributed by atoms with Crippen molar-refractivity contribution in [2.24, 2.45) is 23.5 Å². The molecule has 0 spiro atoms. The van der Waals surface area contributed by atoms with Crippen molar-refractivity contribution >= 4 is 76.5 Å². The lowest BCUT2D eigenvalue weighted by Gasteiger charge is -2.39. The van der Waals surface area contributed by atoms with Gasteiger partial charge in [0, 0.05) is 110 Å². The monoisotopic (exact) mass is 1320 g/mol. The highest BCUT2D eigenvalue weighted by Gasteiger charge is 2.46. The smallest absolute Gasteiger partial charge is 0.312 e. The number of likely N-dealkylation sites (N-methyl/N-ethyl adjacent to an activating group) is 3. The lowest BCUT2D eigenvalue weighted by molar-refractivity contribution is -0.277. The molecule has 93 heavy (non-hydrogen) atoms. The van der Waals surface area contributed by atoms with Crippen LogP contribution in [-0.4, -0.2) is 260 Å². The maximum atomic E-state index is 15.1. The molecule has 1 aromatic heterocycles. The third-order valence-corrected chi connectivity index (χ3v) is 18.3. The van der Waals surface area contributed by atoms with Gasteiger partial charge in [-0.3, -0.25) is 57.7 Å². The fourth-order valence-corrected chi connectivity index (χ4v) is 12.0. The molecule has 14 atom stereocenters. The van der Waals surface area contributed by atoms with Gasteiger partial charge in [-0.1, -0.05) is 60.1 Å². The normalized spacial score (nSPS) is 22.6. The molecular weight excluding hydrogens is 1230 g/mol. The minimum absolute atomic E-state index is 0.0181. The van der Waals surface area contributed by atoms with Crippen molar-refractivity contribution in [1.82, 2.24) is 55.7 Å². The predicted octanol–water partition coefficient (Wildman–Crippen LogP) is -1.22. The lowest BCUT2D eigenvalue weighted by Crippen LogP contribution is -2.60. The lowest BCUT2D eigenvalue weighted by atomic mass is 9.93. The number of amides is 11. The zero-order valence-corrected chi connectivity index (χ0v) is 55.2. The fourth-order valence-electron chi connectivity index (χ4n) is 11.2. The van der Waals surface area contributed by atoms with Gasteiger partial charge in [-0.15, -0.1) is 11.3 Å². The second kappa shape index (κ2) is 33.9. The van der Waals surface area contributed by atoms with E-state index in [1.165, 1.54) is 60.7 Å². The average molecular weight is 1330 g/mol. The Hall–Kier alpha value is -7.68. The molecule has 10 N–H and O–H groups in total. The Bertz CT molecular complexity index is 2990. The minimum Gasteiger partial charge on any atom is -0.462 e. The Kier molecular flexibility index (Phi) is 27.1. The third kappa shape index (κ3) is 19.9. The number of carbonyl (C=O) groups is 11. The molecule has 4 aliphatic heterocycles. The molecule has 0 radical (unpaired) electrons. The number of rotatable bonds is 32. The van der Waals surface area contributed by atoms with Crippen LogP contribution in [0.4, 0.5) is 4.79 Å². The molecule has 6 rings (SSSR count). The zero-order chi connectivity index (χ0) is 68.7. The molecule has 0 bridgehead atoms. The summed E-state index contributed by atoms with van der Waals surface area (Å²) in [5, 5.41) is 53.7. The van der Waals surface area contributed by atoms with Crippen LogP contribution in [0.25, 0.3) is 0 Å². The summed E-state index contributed by atoms with van der Waals surface area (Å²) >= 11 is 1.00. The number of ether oxygens (including phenoxy) is 3. The summed E-state index contributed by atoms with van der Waals surface area (Å²) in [7, 11) is 4.78. The Morgan fingerprint density at radius 2 is 1.46 bits per heavy atom. The second-order valence-corrected chi connectivity index (χ2v) is 25.7. The van der Waals surface area contributed by atoms with Crippen LogP contribution in [0.15, 0.2) is 41.8 Å². The van der Waals surface area contributed by atoms with E-state index in [2.05, 4.69) is 26.3 Å². The number of esters is 1. The van der Waals surface area contributed by atoms with Gasteiger partial charge in [-0.05, 0) is 61.8 Å². The minimum atomic E-state index is -1.72. The number of nitrogens with zero attached hydrogens (tertiary/aromatic N) is 7. The SMILES string of the molecule is CC[C@H](C)C(NC(=O)C1CN1C)C(=O)N(C)[C@H](C[C@@H](OC(C)=O)c1nc(C(=O)N(C)[C@@H](Cc2ccc(OC3OC(CO)C(O)C(O)C3O)cc2)C(=O)N[C@@H](CCCNC(N)=O)C(=O)N[C@H](C(=O)N2CCN(C(=O)CCCN3C(=O)C=CC3=O)CC2)C(C)C)cs1)C(C)C. The van der Waals surface area contributed by atoms with Gasteiger partial charge in [0.2, 0.25) is 41.7 Å². The van der Waals surface area contributed by atoms with Crippen LogP contribution in [0.1, 0.15) is 114 Å². The van der Waals surface area contributed by atoms with E-state index in [1.807, 2.05) is 39.6 Å². The first kappa shape index (κ1) is 74.4. The van der Waals surface area contributed by atoms with E-state index < -0.39 is 127 Å². The second-order valence-electron chi connectivity index (χ2n) is 24.8. The average Bonchev–Trinajstić information content (AvgIpc) is 1.82. The van der Waals surface area contributed by atoms with Crippen molar-refractivity contribution in [3.63, 3.8) is 0 Å². The van der Waals surface area contributed by atoms with Gasteiger partial charge in [0.1, 0.15) is 71.1 Å². The number of piperazine rings is 1. The number of hydrogen-bond donors (Lipinski definition) is 9. The van der Waals surface area contributed by atoms with Crippen molar-refractivity contribution < 1.29 is 87.4 Å². The molecule has 31 heteroatoms. The number of benzene rings is 1. The summed E-state index contributed by atoms with van der Waals surface area (Å²) in [5.41, 5.74) is 5.61. The van der Waals surface area contributed by atoms with Crippen molar-refractivity contribution in [3.8, 4) is 5.75 Å². The fraction of sp³-hybridized carbons (Fsp3) is 0.645. The Morgan fingerprint density at radius 3 is 2.03 bits per heavy atom. The molecule has 4 aliphatic rings. The van der Waals surface area contributed by atoms with Gasteiger partial charge in [-0.2, -0.15) is 0 Å². The van der Waals surface area contributed by atoms with E-state index in [-0.39, 0.29) is 130 Å². The van der Waals surface area contributed by atoms with Gasteiger partial charge in [-0.25, -0.2) is 9.78 Å². The van der Waals surface area contributed by atoms with Crippen LogP contribution in [0.3, 0.4) is 0 Å². The standard InChI is InChI=1S/C62H92N12O18S/c1-11-35(6)50(68-56(85)43-30-69(43)8)59(87)70(9)41(33(2)3)29-44(90-36(7)76)57-66-40(32-93-57)58(86)71(10)42(28-37-16-18-38(19-17-37)91-61-53(82)52(81)51(80)45(31-75)92-61)55(84)65-39(14-12-22-64-62(63)89)54(83)67-49(34(4)5)60(88)73-26-24-72(25-27-73)46(77)15-13-23-74-47(78)20-21-48(74)79/h16-21,32-35,39,41-45,49-53,61,75,80-82H,11-15,22-31H2,1-10H3,(H,65,84)(H,67,83)(H,68,85)(H3,63,64,89)/t35-,39-,41+,42-,43?,44+,45?,49-,50?,51?,52?,53?,61?,69?/m0/s1. The van der Waals surface area contributed by atoms with E-state index in [9.17, 15) is 68.4 Å². The van der Waals surface area contributed by atoms with E-state index in [1.54, 1.807) is 30.7 Å². The number of primary amides is 1. The summed E-state index contributed by atoms with van der Waals surface area (Å²) in [5.74, 6) is -6.09. The number of nitrogens with one attached hydrogen (secondary N) is 4. The van der Waals surface area contributed by atoms with E-state index in [0.29, 0.717) is 18.5 Å². The first-order chi connectivity index (χ1) is 44.0. The molecule has 5 heterocycles. The molecule has 3 saturated heterocycles. The summed E-state index contributed by atoms with van der Waals surface area (Å²) in [4.78, 5) is 161. The van der Waals surface area contributed by atoms with E-state index in [0.717, 1.165) is 21.1 Å². The highest BCUT2D eigenvalue weighted by atomic mass is 32.1. The number of urea groups is 1. The molecule has 3 fully saturated rings. The molecule has 514 valence electrons. The number of aliphatic hydroxyl groups is 4. The van der Waals surface area contributed by atoms with Crippen molar-refractivity contribution in [3.05, 3.63) is 58.1 Å². The molecule has 1 aromatic carbocycles. The van der Waals surface area contributed by atoms with Crippen LogP contribution in [-0.2, 0) is 59.0 Å². The molecule has 0 aliphatic carbocycles. The molecule has 30 nitrogen and oxygen atoms in total. The Balaban J connectivity index is 1.24. The number of imide groups is 1. The number of thiazole rings is 1. The summed E-state index contributed by atoms with van der Waals surface area (Å²) in [6, 6.07) is -0.615. The van der Waals surface area contributed by atoms with Crippen LogP contribution in [0.2, 0.25) is 0 Å². The quantitative estimate of drug-likeness (QED) is 0.0179. The summed E-state index contributed by atoms with van der Waals surface area (Å²) < 4.78 is 17.2. The number of hydrogen-bond acceptors (Lipinski definition) is 21. The maximum Gasteiger partial charge on any atom is 0.312 e. The Morgan fingerprint density at radius 1 is 0.828 bits per heavy atom. The van der Waals surface area contributed by atoms with Gasteiger partial charge in [0.25, 0.3) is 17.7 Å². The number of aliphatic hydroxyl groups excluding tert-OH is 4. The van der Waals surface area contributed by atoms with Crippen molar-refractivity contribution in [1.29, 1.82) is 0 Å². The molecule has 11 amide bonds. The third-order valence-electron chi connectivity index (χ3n) is 17.3. The van der Waals surface area contributed by atoms with Crippen LogP contribution in [0, 0.1) is 17.8 Å². The number of nitrogens with two attached hydrogens (primary N) is 1. The highest BCUT2D eigenvalue weighted by Crippen LogP contribution is 2.32. The Labute approximate surface area is 544 Å². The highest BCUT2D eigenvalue weighted by molar-refractivity contribution is 7.09. The first-order valence-electron chi connectivity index (χ1n) is 31.4. The van der Waals surface area contributed by atoms with Crippen LogP contribution >= 0.6 is 11.3 Å². The zero-order valence-electron chi connectivity index (χ0n) is 54.4. The van der Waals surface area contributed by atoms with Gasteiger partial charge < -0.3 is 81.2 Å². The molecule has 2 aromatic rings. The summed E-state index contributed by atoms with van der Waals surface area (Å²) in [6.07, 6.45) is -5.91. The van der Waals surface area contributed by atoms with Crippen molar-refractivity contribution in [2.75, 3.05) is 73.6 Å². The van der Waals surface area contributed by atoms with Gasteiger partial charge in [0.15, 0.2) is 6.10 Å². The largest absolute Gasteiger partial charge is 0.462 e. The molecule has 0 saturated carbocycles. The number of aromatic nitrogens is 1. The molecule has 8 unspecified atom stereocenters. The van der Waals surface area contributed by atoms with E-state index in [4.69, 9.17) is 19.9 Å². The van der Waals surface area contributed by atoms with Gasteiger partial charge in [0.05, 0.1) is 6.61 Å². The predicted molar refractivity (Wildman–Crippen MR) is 335 cm³/mol.